The molecule has 0 amide bonds. The molecule has 1 saturated heterocycles. The zero-order chi connectivity index (χ0) is 12.4. The van der Waals surface area contributed by atoms with Crippen LogP contribution in [0, 0.1) is 19.8 Å². The zero-order valence-electron chi connectivity index (χ0n) is 10.2. The Morgan fingerprint density at radius 3 is 2.94 bits per heavy atom. The summed E-state index contributed by atoms with van der Waals surface area (Å²) in [7, 11) is 0. The second-order valence-electron chi connectivity index (χ2n) is 4.60. The molecule has 0 spiro atoms. The first-order chi connectivity index (χ1) is 8.06. The topological polar surface area (TPSA) is 66.3 Å². The third-order valence-corrected chi connectivity index (χ3v) is 3.25. The average Bonchev–Trinajstić information content (AvgIpc) is 2.69. The van der Waals surface area contributed by atoms with E-state index in [2.05, 4.69) is 14.9 Å². The van der Waals surface area contributed by atoms with Gasteiger partial charge in [-0.15, -0.1) is 0 Å². The van der Waals surface area contributed by atoms with Gasteiger partial charge in [0.25, 0.3) is 0 Å². The van der Waals surface area contributed by atoms with E-state index in [1.54, 1.807) is 6.20 Å². The van der Waals surface area contributed by atoms with Crippen LogP contribution in [0.25, 0.3) is 0 Å². The van der Waals surface area contributed by atoms with E-state index >= 15 is 0 Å². The normalized spacial score (nSPS) is 19.6. The van der Waals surface area contributed by atoms with Crippen LogP contribution < -0.4 is 4.90 Å². The maximum absolute atomic E-state index is 10.7. The first-order valence-corrected chi connectivity index (χ1v) is 5.83. The second-order valence-corrected chi connectivity index (χ2v) is 4.60. The van der Waals surface area contributed by atoms with Crippen molar-refractivity contribution in [1.82, 2.24) is 9.97 Å². The average molecular weight is 235 g/mol. The minimum atomic E-state index is -0.719. The lowest BCUT2D eigenvalue weighted by Crippen LogP contribution is -2.22. The lowest BCUT2D eigenvalue weighted by Gasteiger charge is -2.17. The van der Waals surface area contributed by atoms with E-state index in [9.17, 15) is 4.79 Å². The quantitative estimate of drug-likeness (QED) is 0.857. The number of aliphatic carboxylic acids is 1. The standard InChI is InChI=1S/C12H17N3O2/c1-8-9(2)14-11(6-13-8)15-4-3-10(7-15)5-12(16)17/h6,10H,3-5,7H2,1-2H3,(H,16,17). The van der Waals surface area contributed by atoms with Gasteiger partial charge in [0, 0.05) is 19.5 Å². The number of aromatic nitrogens is 2. The fraction of sp³-hybridized carbons (Fsp3) is 0.583. The molecule has 0 aliphatic carbocycles. The summed E-state index contributed by atoms with van der Waals surface area (Å²) in [6, 6.07) is 0. The van der Waals surface area contributed by atoms with Gasteiger partial charge in [-0.05, 0) is 26.2 Å². The van der Waals surface area contributed by atoms with Crippen LogP contribution in [0.4, 0.5) is 5.82 Å². The van der Waals surface area contributed by atoms with Crippen LogP contribution in [0.3, 0.4) is 0 Å². The molecular weight excluding hydrogens is 218 g/mol. The number of aryl methyl sites for hydroxylation is 2. The molecule has 1 N–H and O–H groups in total. The number of carbonyl (C=O) groups is 1. The van der Waals surface area contributed by atoms with Gasteiger partial charge >= 0.3 is 5.97 Å². The van der Waals surface area contributed by atoms with Crippen LogP contribution in [0.1, 0.15) is 24.2 Å². The van der Waals surface area contributed by atoms with E-state index in [0.29, 0.717) is 0 Å². The predicted octanol–water partition coefficient (Wildman–Crippen LogP) is 1.39. The van der Waals surface area contributed by atoms with Gasteiger partial charge in [-0.3, -0.25) is 9.78 Å². The molecule has 0 aromatic carbocycles. The molecule has 1 aliphatic heterocycles. The molecular formula is C12H17N3O2. The number of rotatable bonds is 3. The van der Waals surface area contributed by atoms with Crippen molar-refractivity contribution in [2.24, 2.45) is 5.92 Å². The molecule has 1 unspecified atom stereocenters. The zero-order valence-corrected chi connectivity index (χ0v) is 10.2. The van der Waals surface area contributed by atoms with Crippen LogP contribution in [-0.4, -0.2) is 34.1 Å². The molecule has 1 atom stereocenters. The van der Waals surface area contributed by atoms with Gasteiger partial charge in [0.2, 0.25) is 0 Å². The van der Waals surface area contributed by atoms with Crippen molar-refractivity contribution in [3.05, 3.63) is 17.6 Å². The smallest absolute Gasteiger partial charge is 0.303 e. The molecule has 0 radical (unpaired) electrons. The molecule has 1 aromatic rings. The van der Waals surface area contributed by atoms with Gasteiger partial charge in [-0.1, -0.05) is 0 Å². The largest absolute Gasteiger partial charge is 0.481 e. The lowest BCUT2D eigenvalue weighted by atomic mass is 10.1. The minimum Gasteiger partial charge on any atom is -0.481 e. The summed E-state index contributed by atoms with van der Waals surface area (Å²) in [5, 5.41) is 8.76. The summed E-state index contributed by atoms with van der Waals surface area (Å²) >= 11 is 0. The lowest BCUT2D eigenvalue weighted by molar-refractivity contribution is -0.137. The molecule has 1 fully saturated rings. The Bertz CT molecular complexity index is 434. The van der Waals surface area contributed by atoms with Crippen molar-refractivity contribution in [1.29, 1.82) is 0 Å². The summed E-state index contributed by atoms with van der Waals surface area (Å²) in [5.41, 5.74) is 1.87. The van der Waals surface area contributed by atoms with Crippen LogP contribution in [0.2, 0.25) is 0 Å². The number of nitrogens with zero attached hydrogens (tertiary/aromatic N) is 3. The fourth-order valence-electron chi connectivity index (χ4n) is 2.14. The van der Waals surface area contributed by atoms with Crippen LogP contribution in [0.15, 0.2) is 6.20 Å². The van der Waals surface area contributed by atoms with E-state index in [-0.39, 0.29) is 12.3 Å². The third-order valence-electron chi connectivity index (χ3n) is 3.25. The third kappa shape index (κ3) is 2.72. The van der Waals surface area contributed by atoms with E-state index in [4.69, 9.17) is 5.11 Å². The van der Waals surface area contributed by atoms with E-state index in [1.807, 2.05) is 13.8 Å². The van der Waals surface area contributed by atoms with Crippen molar-refractivity contribution in [3.8, 4) is 0 Å². The van der Waals surface area contributed by atoms with Crippen LogP contribution in [-0.2, 0) is 4.79 Å². The Balaban J connectivity index is 2.04. The highest BCUT2D eigenvalue weighted by Crippen LogP contribution is 2.24. The Hall–Kier alpha value is -1.65. The summed E-state index contributed by atoms with van der Waals surface area (Å²) in [5.74, 6) is 0.375. The number of hydrogen-bond acceptors (Lipinski definition) is 4. The molecule has 92 valence electrons. The first kappa shape index (κ1) is 11.8. The summed E-state index contributed by atoms with van der Waals surface area (Å²) in [6.07, 6.45) is 2.93. The molecule has 1 aromatic heterocycles. The monoisotopic (exact) mass is 235 g/mol. The van der Waals surface area contributed by atoms with Crippen molar-refractivity contribution in [2.45, 2.75) is 26.7 Å². The molecule has 5 heteroatoms. The molecule has 1 aliphatic rings. The molecule has 2 rings (SSSR count). The molecule has 17 heavy (non-hydrogen) atoms. The molecule has 0 bridgehead atoms. The highest BCUT2D eigenvalue weighted by Gasteiger charge is 2.25. The summed E-state index contributed by atoms with van der Waals surface area (Å²) < 4.78 is 0. The van der Waals surface area contributed by atoms with Crippen molar-refractivity contribution < 1.29 is 9.90 Å². The second kappa shape index (κ2) is 4.69. The van der Waals surface area contributed by atoms with Crippen LogP contribution in [0.5, 0.6) is 0 Å². The van der Waals surface area contributed by atoms with E-state index < -0.39 is 5.97 Å². The molecule has 5 nitrogen and oxygen atoms in total. The predicted molar refractivity (Wildman–Crippen MR) is 64.1 cm³/mol. The van der Waals surface area contributed by atoms with Crippen molar-refractivity contribution in [2.75, 3.05) is 18.0 Å². The number of carboxylic acid groups (broad SMARTS) is 1. The SMILES string of the molecule is Cc1ncc(N2CCC(CC(=O)O)C2)nc1C. The van der Waals surface area contributed by atoms with Gasteiger partial charge in [0.1, 0.15) is 5.82 Å². The molecule has 0 saturated carbocycles. The first-order valence-electron chi connectivity index (χ1n) is 5.83. The maximum atomic E-state index is 10.7. The maximum Gasteiger partial charge on any atom is 0.303 e. The summed E-state index contributed by atoms with van der Waals surface area (Å²) in [6.45, 7) is 5.51. The van der Waals surface area contributed by atoms with Gasteiger partial charge in [0.15, 0.2) is 0 Å². The Morgan fingerprint density at radius 1 is 1.53 bits per heavy atom. The highest BCUT2D eigenvalue weighted by molar-refractivity contribution is 5.67. The van der Waals surface area contributed by atoms with Gasteiger partial charge < -0.3 is 10.0 Å². The Kier molecular flexibility index (Phi) is 3.26. The van der Waals surface area contributed by atoms with E-state index in [1.165, 1.54) is 0 Å². The number of anilines is 1. The highest BCUT2D eigenvalue weighted by atomic mass is 16.4. The van der Waals surface area contributed by atoms with E-state index in [0.717, 1.165) is 36.7 Å². The Morgan fingerprint density at radius 2 is 2.29 bits per heavy atom. The summed E-state index contributed by atoms with van der Waals surface area (Å²) in [4.78, 5) is 21.5. The van der Waals surface area contributed by atoms with Crippen molar-refractivity contribution >= 4 is 11.8 Å². The molecule has 2 heterocycles. The number of hydrogen-bond donors (Lipinski definition) is 1. The van der Waals surface area contributed by atoms with Gasteiger partial charge in [-0.25, -0.2) is 4.98 Å². The van der Waals surface area contributed by atoms with Crippen molar-refractivity contribution in [3.63, 3.8) is 0 Å². The van der Waals surface area contributed by atoms with Crippen LogP contribution >= 0.6 is 0 Å². The minimum absolute atomic E-state index is 0.232. The van der Waals surface area contributed by atoms with Gasteiger partial charge in [0.05, 0.1) is 17.6 Å². The Labute approximate surface area is 100 Å². The number of carboxylic acids is 1. The van der Waals surface area contributed by atoms with Gasteiger partial charge in [-0.2, -0.15) is 0 Å². The fourth-order valence-corrected chi connectivity index (χ4v) is 2.14.